The molecule has 0 fully saturated rings. The molecule has 6 heteroatoms. The fourth-order valence-corrected chi connectivity index (χ4v) is 1.80. The molecule has 0 radical (unpaired) electrons. The van der Waals surface area contributed by atoms with Crippen molar-refractivity contribution >= 4 is 5.82 Å². The van der Waals surface area contributed by atoms with Crippen molar-refractivity contribution < 1.29 is 17.9 Å². The van der Waals surface area contributed by atoms with Gasteiger partial charge in [0.25, 0.3) is 0 Å². The predicted molar refractivity (Wildman–Crippen MR) is 74.2 cm³/mol. The average Bonchev–Trinajstić information content (AvgIpc) is 2.45. The highest BCUT2D eigenvalue weighted by Crippen LogP contribution is 2.28. The van der Waals surface area contributed by atoms with Crippen LogP contribution in [0, 0.1) is 0 Å². The van der Waals surface area contributed by atoms with E-state index in [2.05, 4.69) is 10.3 Å². The average molecular weight is 296 g/mol. The maximum atomic E-state index is 12.6. The van der Waals surface area contributed by atoms with Gasteiger partial charge >= 0.3 is 6.18 Å². The van der Waals surface area contributed by atoms with Gasteiger partial charge in [-0.05, 0) is 36.8 Å². The van der Waals surface area contributed by atoms with Gasteiger partial charge in [0.1, 0.15) is 17.3 Å². The van der Waals surface area contributed by atoms with Crippen molar-refractivity contribution in [3.05, 3.63) is 53.7 Å². The van der Waals surface area contributed by atoms with Crippen LogP contribution in [-0.4, -0.2) is 11.6 Å². The van der Waals surface area contributed by atoms with E-state index in [0.29, 0.717) is 13.2 Å². The van der Waals surface area contributed by atoms with Crippen molar-refractivity contribution in [2.24, 2.45) is 0 Å². The van der Waals surface area contributed by atoms with E-state index in [-0.39, 0.29) is 5.82 Å². The van der Waals surface area contributed by atoms with Crippen molar-refractivity contribution in [1.29, 1.82) is 0 Å². The first-order valence-electron chi connectivity index (χ1n) is 6.49. The number of nitrogens with one attached hydrogen (secondary N) is 1. The number of pyridine rings is 1. The molecule has 2 rings (SSSR count). The maximum Gasteiger partial charge on any atom is 0.433 e. The summed E-state index contributed by atoms with van der Waals surface area (Å²) in [4.78, 5) is 3.55. The monoisotopic (exact) mass is 296 g/mol. The van der Waals surface area contributed by atoms with Gasteiger partial charge in [-0.2, -0.15) is 13.2 Å². The molecule has 1 aromatic heterocycles. The summed E-state index contributed by atoms with van der Waals surface area (Å²) in [6.07, 6.45) is -4.44. The molecule has 1 N–H and O–H groups in total. The number of nitrogens with zero attached hydrogens (tertiary/aromatic N) is 1. The Morgan fingerprint density at radius 1 is 1.14 bits per heavy atom. The first-order chi connectivity index (χ1) is 9.99. The number of rotatable bonds is 5. The molecular weight excluding hydrogens is 281 g/mol. The van der Waals surface area contributed by atoms with Gasteiger partial charge in [0, 0.05) is 6.54 Å². The first-order valence-corrected chi connectivity index (χ1v) is 6.49. The molecule has 2 aromatic rings. The summed E-state index contributed by atoms with van der Waals surface area (Å²) in [6, 6.07) is 11.1. The number of alkyl halides is 3. The SMILES string of the molecule is CCOc1cccc(CNc2cccc(C(F)(F)F)n2)c1. The third kappa shape index (κ3) is 4.37. The van der Waals surface area contributed by atoms with Gasteiger partial charge in [0.05, 0.1) is 6.61 Å². The number of hydrogen-bond acceptors (Lipinski definition) is 3. The Kier molecular flexibility index (Phi) is 4.67. The second-order valence-corrected chi connectivity index (χ2v) is 4.34. The zero-order chi connectivity index (χ0) is 15.3. The van der Waals surface area contributed by atoms with E-state index in [9.17, 15) is 13.2 Å². The molecular formula is C15H15F3N2O. The molecule has 112 valence electrons. The van der Waals surface area contributed by atoms with Gasteiger partial charge < -0.3 is 10.1 Å². The third-order valence-corrected chi connectivity index (χ3v) is 2.72. The first kappa shape index (κ1) is 15.2. The summed E-state index contributed by atoms with van der Waals surface area (Å²) in [7, 11) is 0. The largest absolute Gasteiger partial charge is 0.494 e. The third-order valence-electron chi connectivity index (χ3n) is 2.72. The Balaban J connectivity index is 2.04. The van der Waals surface area contributed by atoms with Crippen LogP contribution < -0.4 is 10.1 Å². The van der Waals surface area contributed by atoms with E-state index >= 15 is 0 Å². The van der Waals surface area contributed by atoms with Gasteiger partial charge in [-0.15, -0.1) is 0 Å². The molecule has 0 saturated heterocycles. The van der Waals surface area contributed by atoms with Gasteiger partial charge in [-0.1, -0.05) is 18.2 Å². The summed E-state index contributed by atoms with van der Waals surface area (Å²) in [5, 5.41) is 2.88. The zero-order valence-electron chi connectivity index (χ0n) is 11.4. The van der Waals surface area contributed by atoms with E-state index in [1.54, 1.807) is 0 Å². The van der Waals surface area contributed by atoms with E-state index in [1.165, 1.54) is 12.1 Å². The van der Waals surface area contributed by atoms with Gasteiger partial charge in [-0.25, -0.2) is 4.98 Å². The molecule has 3 nitrogen and oxygen atoms in total. The second-order valence-electron chi connectivity index (χ2n) is 4.34. The van der Waals surface area contributed by atoms with Crippen molar-refractivity contribution in [2.75, 3.05) is 11.9 Å². The number of halogens is 3. The van der Waals surface area contributed by atoms with Crippen LogP contribution in [0.4, 0.5) is 19.0 Å². The maximum absolute atomic E-state index is 12.6. The fraction of sp³-hybridized carbons (Fsp3) is 0.267. The highest BCUT2D eigenvalue weighted by atomic mass is 19.4. The number of ether oxygens (including phenoxy) is 1. The molecule has 0 unspecified atom stereocenters. The van der Waals surface area contributed by atoms with Crippen LogP contribution in [0.2, 0.25) is 0 Å². The van der Waals surface area contributed by atoms with E-state index in [0.717, 1.165) is 17.4 Å². The van der Waals surface area contributed by atoms with Crippen molar-refractivity contribution in [3.8, 4) is 5.75 Å². The molecule has 0 aliphatic rings. The molecule has 0 amide bonds. The van der Waals surface area contributed by atoms with Crippen molar-refractivity contribution in [2.45, 2.75) is 19.6 Å². The molecule has 0 bridgehead atoms. The predicted octanol–water partition coefficient (Wildman–Crippen LogP) is 4.11. The lowest BCUT2D eigenvalue weighted by atomic mass is 10.2. The van der Waals surface area contributed by atoms with E-state index in [4.69, 9.17) is 4.74 Å². The van der Waals surface area contributed by atoms with Crippen LogP contribution in [0.15, 0.2) is 42.5 Å². The van der Waals surface area contributed by atoms with Crippen LogP contribution in [-0.2, 0) is 12.7 Å². The standard InChI is InChI=1S/C15H15F3N2O/c1-2-21-12-6-3-5-11(9-12)10-19-14-8-4-7-13(20-14)15(16,17)18/h3-9H,2,10H2,1H3,(H,19,20). The molecule has 1 aromatic carbocycles. The number of hydrogen-bond donors (Lipinski definition) is 1. The number of benzene rings is 1. The molecule has 1 heterocycles. The topological polar surface area (TPSA) is 34.1 Å². The highest BCUT2D eigenvalue weighted by Gasteiger charge is 2.32. The van der Waals surface area contributed by atoms with Crippen molar-refractivity contribution in [1.82, 2.24) is 4.98 Å². The van der Waals surface area contributed by atoms with Crippen LogP contribution >= 0.6 is 0 Å². The normalized spacial score (nSPS) is 11.2. The Bertz CT molecular complexity index is 599. The summed E-state index contributed by atoms with van der Waals surface area (Å²) >= 11 is 0. The van der Waals surface area contributed by atoms with Gasteiger partial charge in [0.2, 0.25) is 0 Å². The Labute approximate surface area is 120 Å². The van der Waals surface area contributed by atoms with Gasteiger partial charge in [-0.3, -0.25) is 0 Å². The zero-order valence-corrected chi connectivity index (χ0v) is 11.4. The summed E-state index contributed by atoms with van der Waals surface area (Å²) in [5.41, 5.74) is -0.00395. The van der Waals surface area contributed by atoms with E-state index < -0.39 is 11.9 Å². The molecule has 21 heavy (non-hydrogen) atoms. The van der Waals surface area contributed by atoms with Crippen LogP contribution in [0.3, 0.4) is 0 Å². The fourth-order valence-electron chi connectivity index (χ4n) is 1.80. The highest BCUT2D eigenvalue weighted by molar-refractivity contribution is 5.38. The Morgan fingerprint density at radius 3 is 2.62 bits per heavy atom. The lowest BCUT2D eigenvalue weighted by Gasteiger charge is -2.10. The molecule has 0 saturated carbocycles. The molecule has 0 aliphatic heterocycles. The van der Waals surface area contributed by atoms with Crippen molar-refractivity contribution in [3.63, 3.8) is 0 Å². The smallest absolute Gasteiger partial charge is 0.433 e. The van der Waals surface area contributed by atoms with Crippen LogP contribution in [0.1, 0.15) is 18.2 Å². The number of anilines is 1. The lowest BCUT2D eigenvalue weighted by molar-refractivity contribution is -0.141. The van der Waals surface area contributed by atoms with Gasteiger partial charge in [0.15, 0.2) is 0 Å². The summed E-state index contributed by atoms with van der Waals surface area (Å²) in [6.45, 7) is 2.82. The van der Waals surface area contributed by atoms with E-state index in [1.807, 2.05) is 31.2 Å². The molecule has 0 spiro atoms. The quantitative estimate of drug-likeness (QED) is 0.901. The number of aromatic nitrogens is 1. The molecule has 0 aliphatic carbocycles. The minimum Gasteiger partial charge on any atom is -0.494 e. The minimum absolute atomic E-state index is 0.187. The second kappa shape index (κ2) is 6.47. The minimum atomic E-state index is -4.44. The Hall–Kier alpha value is -2.24. The van der Waals surface area contributed by atoms with Crippen LogP contribution in [0.5, 0.6) is 5.75 Å². The summed E-state index contributed by atoms with van der Waals surface area (Å²) < 4.78 is 43.1. The van der Waals surface area contributed by atoms with Crippen LogP contribution in [0.25, 0.3) is 0 Å². The Morgan fingerprint density at radius 2 is 1.90 bits per heavy atom. The summed E-state index contributed by atoms with van der Waals surface area (Å²) in [5.74, 6) is 0.917. The molecule has 0 atom stereocenters. The lowest BCUT2D eigenvalue weighted by Crippen LogP contribution is -2.10.